The van der Waals surface area contributed by atoms with E-state index >= 15 is 0 Å². The maximum Gasteiger partial charge on any atom is 0.336 e. The van der Waals surface area contributed by atoms with Crippen LogP contribution in [-0.2, 0) is 34.7 Å². The van der Waals surface area contributed by atoms with Crippen LogP contribution in [0.2, 0.25) is 18.1 Å². The number of carboxylic acids is 1. The smallest absolute Gasteiger partial charge is 0.336 e. The molecule has 316 valence electrons. The van der Waals surface area contributed by atoms with Crippen LogP contribution >= 0.6 is 0 Å². The van der Waals surface area contributed by atoms with Crippen molar-refractivity contribution in [2.45, 2.75) is 160 Å². The van der Waals surface area contributed by atoms with Gasteiger partial charge < -0.3 is 39.5 Å². The molecule has 3 atom stereocenters. The van der Waals surface area contributed by atoms with Gasteiger partial charge in [-0.05, 0) is 68.4 Å². The number of ether oxygens (including phenoxy) is 3. The predicted octanol–water partition coefficient (Wildman–Crippen LogP) is 7.71. The van der Waals surface area contributed by atoms with Crippen LogP contribution in [0.4, 0.5) is 0 Å². The Morgan fingerprint density at radius 3 is 2.12 bits per heavy atom. The Kier molecular flexibility index (Phi) is 21.4. The highest BCUT2D eigenvalue weighted by Crippen LogP contribution is 2.37. The third-order valence-corrected chi connectivity index (χ3v) is 15.7. The van der Waals surface area contributed by atoms with E-state index in [2.05, 4.69) is 50.2 Å². The van der Waals surface area contributed by atoms with E-state index in [0.29, 0.717) is 25.4 Å². The van der Waals surface area contributed by atoms with Gasteiger partial charge in [0.05, 0.1) is 19.1 Å². The standard InChI is InChI=1S/C44H72N2O9Si/c1-9-11-13-17-20-27-43(53-32-33-54-43)28-21-18-15-14-16-19-22-37(44(51,41(49)50)29-31-55-56(7,8)42(3,4)5)39(47)46-38(40(48)45-6)34-35-23-25-36(26-24-35)52-30-12-10-2/h19,22-26,37-38,51H,9,11,13-18,20-21,27-34H2,1-8H3,(H,45,48)(H,46,47)(H,49,50)/b22-19+/t37-,38+,44+/m1/s1. The maximum absolute atomic E-state index is 14.1. The molecular formula is C44H72N2O9Si. The Bertz CT molecular complexity index is 1420. The van der Waals surface area contributed by atoms with E-state index in [1.165, 1.54) is 38.8 Å². The first-order chi connectivity index (χ1) is 26.5. The fourth-order valence-electron chi connectivity index (χ4n) is 6.48. The number of nitrogens with one attached hydrogen (secondary N) is 2. The number of amides is 2. The molecule has 2 rings (SSSR count). The summed E-state index contributed by atoms with van der Waals surface area (Å²) in [7, 11) is -0.813. The van der Waals surface area contributed by atoms with E-state index in [-0.39, 0.29) is 31.1 Å². The number of allylic oxidation sites excluding steroid dienone is 1. The first kappa shape index (κ1) is 48.9. The van der Waals surface area contributed by atoms with Gasteiger partial charge in [-0.1, -0.05) is 96.4 Å². The molecular weight excluding hydrogens is 729 g/mol. The molecule has 0 spiro atoms. The average Bonchev–Trinajstić information content (AvgIpc) is 3.62. The first-order valence-corrected chi connectivity index (χ1v) is 23.6. The molecule has 0 saturated carbocycles. The summed E-state index contributed by atoms with van der Waals surface area (Å²) in [5.74, 6) is 1.53. The molecule has 1 aliphatic heterocycles. The number of carbonyl (C=O) groups is 3. The second kappa shape index (κ2) is 24.5. The molecule has 0 bridgehead atoms. The lowest BCUT2D eigenvalue weighted by molar-refractivity contribution is -0.168. The predicted molar refractivity (Wildman–Crippen MR) is 224 cm³/mol. The van der Waals surface area contributed by atoms with E-state index in [9.17, 15) is 24.6 Å². The van der Waals surface area contributed by atoms with Crippen molar-refractivity contribution in [3.8, 4) is 17.6 Å². The molecule has 0 radical (unpaired) electrons. The van der Waals surface area contributed by atoms with Gasteiger partial charge >= 0.3 is 5.97 Å². The Balaban J connectivity index is 2.17. The summed E-state index contributed by atoms with van der Waals surface area (Å²) in [6, 6.07) is 6.08. The number of rotatable bonds is 27. The second-order valence-electron chi connectivity index (χ2n) is 16.5. The van der Waals surface area contributed by atoms with Gasteiger partial charge in [0.2, 0.25) is 11.8 Å². The van der Waals surface area contributed by atoms with Crippen molar-refractivity contribution in [3.05, 3.63) is 42.0 Å². The minimum absolute atomic E-state index is 0.0400. The van der Waals surface area contributed by atoms with Crippen LogP contribution in [0, 0.1) is 17.8 Å². The molecule has 1 aliphatic rings. The number of aliphatic hydroxyl groups is 1. The first-order valence-electron chi connectivity index (χ1n) is 20.7. The van der Waals surface area contributed by atoms with Crippen molar-refractivity contribution in [1.82, 2.24) is 10.6 Å². The molecule has 0 aromatic heterocycles. The van der Waals surface area contributed by atoms with E-state index in [1.54, 1.807) is 37.3 Å². The van der Waals surface area contributed by atoms with E-state index in [0.717, 1.165) is 50.5 Å². The van der Waals surface area contributed by atoms with Crippen molar-refractivity contribution >= 4 is 26.1 Å². The van der Waals surface area contributed by atoms with Crippen LogP contribution in [0.1, 0.15) is 124 Å². The molecule has 1 saturated heterocycles. The molecule has 0 unspecified atom stereocenters. The Labute approximate surface area is 338 Å². The number of unbranched alkanes of at least 4 members (excludes halogenated alkanes) is 8. The van der Waals surface area contributed by atoms with Gasteiger partial charge in [0.1, 0.15) is 18.4 Å². The van der Waals surface area contributed by atoms with E-state index in [1.807, 2.05) is 13.1 Å². The highest BCUT2D eigenvalue weighted by Gasteiger charge is 2.48. The largest absolute Gasteiger partial charge is 0.481 e. The molecule has 56 heavy (non-hydrogen) atoms. The van der Waals surface area contributed by atoms with Crippen molar-refractivity contribution in [2.24, 2.45) is 5.92 Å². The van der Waals surface area contributed by atoms with E-state index in [4.69, 9.17) is 18.6 Å². The van der Waals surface area contributed by atoms with Gasteiger partial charge in [-0.2, -0.15) is 0 Å². The molecule has 2 amide bonds. The fraction of sp³-hybridized carbons (Fsp3) is 0.705. The second-order valence-corrected chi connectivity index (χ2v) is 21.3. The molecule has 1 heterocycles. The van der Waals surface area contributed by atoms with Crippen LogP contribution in [0.5, 0.6) is 5.75 Å². The topological polar surface area (TPSA) is 153 Å². The third kappa shape index (κ3) is 16.3. The van der Waals surface area contributed by atoms with Gasteiger partial charge in [0.25, 0.3) is 0 Å². The highest BCUT2D eigenvalue weighted by molar-refractivity contribution is 6.74. The van der Waals surface area contributed by atoms with Crippen LogP contribution in [0.3, 0.4) is 0 Å². The van der Waals surface area contributed by atoms with Gasteiger partial charge in [0, 0.05) is 39.3 Å². The monoisotopic (exact) mass is 801 g/mol. The number of likely N-dealkylation sites (N-methyl/N-ethyl adjacent to an activating group) is 1. The van der Waals surface area contributed by atoms with E-state index < -0.39 is 49.4 Å². The summed E-state index contributed by atoms with van der Waals surface area (Å²) in [5, 5.41) is 27.5. The normalized spacial score (nSPS) is 16.4. The Morgan fingerprint density at radius 1 is 0.964 bits per heavy atom. The highest BCUT2D eigenvalue weighted by atomic mass is 28.4. The van der Waals surface area contributed by atoms with Crippen LogP contribution in [-0.4, -0.2) is 87.2 Å². The average molecular weight is 801 g/mol. The molecule has 4 N–H and O–H groups in total. The maximum atomic E-state index is 14.1. The zero-order valence-corrected chi connectivity index (χ0v) is 36.6. The number of hydrogen-bond acceptors (Lipinski definition) is 8. The number of hydrogen-bond donors (Lipinski definition) is 4. The quantitative estimate of drug-likeness (QED) is 0.0304. The summed E-state index contributed by atoms with van der Waals surface area (Å²) < 4.78 is 24.0. The Hall–Kier alpha value is -3.21. The summed E-state index contributed by atoms with van der Waals surface area (Å²) in [6.45, 7) is 15.8. The fourth-order valence-corrected chi connectivity index (χ4v) is 7.53. The lowest BCUT2D eigenvalue weighted by Crippen LogP contribution is -2.56. The van der Waals surface area contributed by atoms with Gasteiger partial charge in [-0.15, -0.1) is 5.92 Å². The van der Waals surface area contributed by atoms with Crippen LogP contribution < -0.4 is 15.4 Å². The molecule has 1 fully saturated rings. The minimum Gasteiger partial charge on any atom is -0.481 e. The molecule has 0 aliphatic carbocycles. The van der Waals surface area contributed by atoms with Gasteiger partial charge in [-0.25, -0.2) is 4.79 Å². The van der Waals surface area contributed by atoms with Crippen molar-refractivity contribution in [1.29, 1.82) is 0 Å². The SMILES string of the molecule is CC#CCOc1ccc(C[C@H](NC(=O)[C@@H](/C=C/CCCCCCC2(CCCCCCC)OCCO2)[C@@](O)(CCO[Si](C)(C)C(C)(C)C)C(=O)O)C(=O)NC)cc1. The molecule has 1 aromatic rings. The summed E-state index contributed by atoms with van der Waals surface area (Å²) >= 11 is 0. The van der Waals surface area contributed by atoms with Crippen molar-refractivity contribution in [3.63, 3.8) is 0 Å². The zero-order valence-electron chi connectivity index (χ0n) is 35.6. The lowest BCUT2D eigenvalue weighted by Gasteiger charge is -2.37. The third-order valence-electron chi connectivity index (χ3n) is 11.1. The van der Waals surface area contributed by atoms with Gasteiger partial charge in [-0.3, -0.25) is 9.59 Å². The summed E-state index contributed by atoms with van der Waals surface area (Å²) in [6.07, 6.45) is 15.2. The molecule has 11 nitrogen and oxygen atoms in total. The number of carboxylic acid groups (broad SMARTS) is 1. The number of aliphatic carboxylic acids is 1. The number of benzene rings is 1. The zero-order chi connectivity index (χ0) is 41.7. The minimum atomic E-state index is -2.48. The van der Waals surface area contributed by atoms with Crippen molar-refractivity contribution < 1.29 is 43.2 Å². The van der Waals surface area contributed by atoms with Crippen molar-refractivity contribution in [2.75, 3.05) is 33.5 Å². The van der Waals surface area contributed by atoms with Gasteiger partial charge in [0.15, 0.2) is 19.7 Å². The summed E-state index contributed by atoms with van der Waals surface area (Å²) in [5.41, 5.74) is -1.73. The molecule has 12 heteroatoms. The lowest BCUT2D eigenvalue weighted by atomic mass is 9.83. The van der Waals surface area contributed by atoms with Crippen LogP contribution in [0.25, 0.3) is 0 Å². The van der Waals surface area contributed by atoms with Crippen LogP contribution in [0.15, 0.2) is 36.4 Å². The number of carbonyl (C=O) groups excluding carboxylic acids is 2. The Morgan fingerprint density at radius 2 is 1.57 bits per heavy atom. The summed E-state index contributed by atoms with van der Waals surface area (Å²) in [4.78, 5) is 40.0. The molecule has 1 aromatic carbocycles.